The Bertz CT molecular complexity index is 881. The molecule has 23 heavy (non-hydrogen) atoms. The highest BCUT2D eigenvalue weighted by Gasteiger charge is 2.36. The highest BCUT2D eigenvalue weighted by Crippen LogP contribution is 2.29. The van der Waals surface area contributed by atoms with Crippen molar-refractivity contribution in [2.24, 2.45) is 0 Å². The fraction of sp³-hybridized carbons (Fsp3) is 0.154. The van der Waals surface area contributed by atoms with E-state index in [1.54, 1.807) is 11.6 Å². The number of halogens is 1. The Kier molecular flexibility index (Phi) is 4.09. The first kappa shape index (κ1) is 15.9. The van der Waals surface area contributed by atoms with Crippen LogP contribution in [0.5, 0.6) is 0 Å². The molecule has 0 radical (unpaired) electrons. The minimum absolute atomic E-state index is 0.0476. The first-order chi connectivity index (χ1) is 10.9. The van der Waals surface area contributed by atoms with Crippen molar-refractivity contribution in [3.8, 4) is 0 Å². The molecule has 2 heterocycles. The smallest absolute Gasteiger partial charge is 0.258 e. The molecule has 0 bridgehead atoms. The quantitative estimate of drug-likeness (QED) is 0.891. The Morgan fingerprint density at radius 3 is 2.74 bits per heavy atom. The van der Waals surface area contributed by atoms with Crippen LogP contribution in [-0.2, 0) is 14.8 Å². The number of carbonyl (C=O) groups is 2. The van der Waals surface area contributed by atoms with Crippen molar-refractivity contribution < 1.29 is 18.0 Å². The zero-order valence-corrected chi connectivity index (χ0v) is 13.9. The summed E-state index contributed by atoms with van der Waals surface area (Å²) in [4.78, 5) is 27.8. The number of hydrogen-bond donors (Lipinski definition) is 1. The molecule has 0 spiro atoms. The standard InChI is InChI=1S/C13H10ClN3O4S2/c14-10-7-8(17-11(18)3-6-23(17,20)21)1-2-9(10)12(19)16-13-15-4-5-22-13/h1-2,4-5,7H,3,6H2,(H,15,16,19). The molecule has 0 unspecified atom stereocenters. The first-order valence-corrected chi connectivity index (χ1v) is 9.31. The van der Waals surface area contributed by atoms with Crippen LogP contribution < -0.4 is 9.62 Å². The monoisotopic (exact) mass is 371 g/mol. The third-order valence-electron chi connectivity index (χ3n) is 3.16. The van der Waals surface area contributed by atoms with E-state index in [0.29, 0.717) is 5.13 Å². The molecule has 3 rings (SSSR count). The lowest BCUT2D eigenvalue weighted by molar-refractivity contribution is -0.116. The number of benzene rings is 1. The van der Waals surface area contributed by atoms with Crippen LogP contribution in [0.1, 0.15) is 16.8 Å². The molecule has 2 aromatic rings. The number of aromatic nitrogens is 1. The van der Waals surface area contributed by atoms with Crippen molar-refractivity contribution in [3.63, 3.8) is 0 Å². The number of sulfonamides is 1. The lowest BCUT2D eigenvalue weighted by Gasteiger charge is -2.16. The Morgan fingerprint density at radius 1 is 1.39 bits per heavy atom. The van der Waals surface area contributed by atoms with Gasteiger partial charge in [-0.25, -0.2) is 17.7 Å². The van der Waals surface area contributed by atoms with E-state index in [-0.39, 0.29) is 28.4 Å². The molecule has 1 fully saturated rings. The maximum Gasteiger partial charge on any atom is 0.258 e. The first-order valence-electron chi connectivity index (χ1n) is 6.45. The van der Waals surface area contributed by atoms with E-state index < -0.39 is 21.8 Å². The molecule has 10 heteroatoms. The summed E-state index contributed by atoms with van der Waals surface area (Å²) in [6.45, 7) is 0. The lowest BCUT2D eigenvalue weighted by atomic mass is 10.2. The summed E-state index contributed by atoms with van der Waals surface area (Å²) in [5.74, 6) is -1.21. The third kappa shape index (κ3) is 3.07. The van der Waals surface area contributed by atoms with Crippen LogP contribution in [0.15, 0.2) is 29.8 Å². The fourth-order valence-corrected chi connectivity index (χ4v) is 4.37. The highest BCUT2D eigenvalue weighted by molar-refractivity contribution is 7.94. The third-order valence-corrected chi connectivity index (χ3v) is 5.86. The molecule has 2 amide bonds. The van der Waals surface area contributed by atoms with E-state index in [0.717, 1.165) is 4.31 Å². The fourth-order valence-electron chi connectivity index (χ4n) is 2.13. The number of amides is 2. The zero-order chi connectivity index (χ0) is 16.6. The van der Waals surface area contributed by atoms with Crippen molar-refractivity contribution >= 4 is 55.6 Å². The number of hydrogen-bond acceptors (Lipinski definition) is 6. The number of nitrogens with zero attached hydrogens (tertiary/aromatic N) is 2. The number of thiazole rings is 1. The van der Waals surface area contributed by atoms with Gasteiger partial charge in [0.05, 0.1) is 22.0 Å². The zero-order valence-electron chi connectivity index (χ0n) is 11.5. The van der Waals surface area contributed by atoms with Gasteiger partial charge in [0, 0.05) is 18.0 Å². The molecule has 7 nitrogen and oxygen atoms in total. The second-order valence-electron chi connectivity index (χ2n) is 4.68. The van der Waals surface area contributed by atoms with Crippen molar-refractivity contribution in [2.45, 2.75) is 6.42 Å². The Morgan fingerprint density at radius 2 is 2.17 bits per heavy atom. The van der Waals surface area contributed by atoms with Crippen LogP contribution in [0.3, 0.4) is 0 Å². The summed E-state index contributed by atoms with van der Waals surface area (Å²) in [5, 5.41) is 4.76. The van der Waals surface area contributed by atoms with E-state index >= 15 is 0 Å². The summed E-state index contributed by atoms with van der Waals surface area (Å²) >= 11 is 7.33. The van der Waals surface area contributed by atoms with Crippen LogP contribution in [-0.4, -0.2) is 31.0 Å². The topological polar surface area (TPSA) is 96.4 Å². The molecular formula is C13H10ClN3O4S2. The van der Waals surface area contributed by atoms with Gasteiger partial charge < -0.3 is 0 Å². The molecule has 1 aliphatic rings. The summed E-state index contributed by atoms with van der Waals surface area (Å²) in [6.07, 6.45) is 1.49. The second kappa shape index (κ2) is 5.91. The second-order valence-corrected chi connectivity index (χ2v) is 7.92. The highest BCUT2D eigenvalue weighted by atomic mass is 35.5. The number of nitrogens with one attached hydrogen (secondary N) is 1. The van der Waals surface area contributed by atoms with Crippen LogP contribution in [0.2, 0.25) is 5.02 Å². The molecule has 0 atom stereocenters. The van der Waals surface area contributed by atoms with Gasteiger partial charge in [-0.1, -0.05) is 11.6 Å². The Hall–Kier alpha value is -1.97. The minimum atomic E-state index is -3.66. The predicted molar refractivity (Wildman–Crippen MR) is 87.4 cm³/mol. The molecule has 0 aliphatic carbocycles. The van der Waals surface area contributed by atoms with Crippen molar-refractivity contribution in [1.29, 1.82) is 0 Å². The van der Waals surface area contributed by atoms with Crippen molar-refractivity contribution in [2.75, 3.05) is 15.4 Å². The van der Waals surface area contributed by atoms with Crippen molar-refractivity contribution in [1.82, 2.24) is 4.98 Å². The number of anilines is 2. The van der Waals surface area contributed by atoms with Gasteiger partial charge >= 0.3 is 0 Å². The summed E-state index contributed by atoms with van der Waals surface area (Å²) < 4.78 is 24.5. The number of carbonyl (C=O) groups excluding carboxylic acids is 2. The van der Waals surface area contributed by atoms with Crippen molar-refractivity contribution in [3.05, 3.63) is 40.4 Å². The summed E-state index contributed by atoms with van der Waals surface area (Å²) in [7, 11) is -3.66. The van der Waals surface area contributed by atoms with Gasteiger partial charge in [0.1, 0.15) is 0 Å². The minimum Gasteiger partial charge on any atom is -0.298 e. The van der Waals surface area contributed by atoms with Crippen LogP contribution in [0.25, 0.3) is 0 Å². The molecule has 1 aliphatic heterocycles. The molecular weight excluding hydrogens is 362 g/mol. The normalized spacial score (nSPS) is 16.6. The van der Waals surface area contributed by atoms with E-state index in [4.69, 9.17) is 11.6 Å². The van der Waals surface area contributed by atoms with E-state index in [9.17, 15) is 18.0 Å². The van der Waals surface area contributed by atoms with Gasteiger partial charge in [-0.15, -0.1) is 11.3 Å². The van der Waals surface area contributed by atoms with Gasteiger partial charge in [-0.2, -0.15) is 0 Å². The average Bonchev–Trinajstić information content (AvgIpc) is 3.06. The Balaban J connectivity index is 1.89. The summed E-state index contributed by atoms with van der Waals surface area (Å²) in [6, 6.07) is 4.05. The molecule has 1 saturated heterocycles. The van der Waals surface area contributed by atoms with E-state index in [1.807, 2.05) is 0 Å². The van der Waals surface area contributed by atoms with Gasteiger partial charge in [-0.05, 0) is 18.2 Å². The lowest BCUT2D eigenvalue weighted by Crippen LogP contribution is -2.29. The van der Waals surface area contributed by atoms with Crippen LogP contribution in [0.4, 0.5) is 10.8 Å². The molecule has 0 saturated carbocycles. The average molecular weight is 372 g/mol. The van der Waals surface area contributed by atoms with Gasteiger partial charge in [0.25, 0.3) is 5.91 Å². The number of rotatable bonds is 3. The van der Waals surface area contributed by atoms with E-state index in [2.05, 4.69) is 10.3 Å². The van der Waals surface area contributed by atoms with Gasteiger partial charge in [0.15, 0.2) is 5.13 Å². The molecule has 1 aromatic carbocycles. The van der Waals surface area contributed by atoms with Gasteiger partial charge in [-0.3, -0.25) is 14.9 Å². The predicted octanol–water partition coefficient (Wildman–Crippen LogP) is 2.12. The van der Waals surface area contributed by atoms with Crippen LogP contribution >= 0.6 is 22.9 Å². The molecule has 1 aromatic heterocycles. The molecule has 120 valence electrons. The molecule has 1 N–H and O–H groups in total. The SMILES string of the molecule is O=C(Nc1nccs1)c1ccc(N2C(=O)CCS2(=O)=O)cc1Cl. The summed E-state index contributed by atoms with van der Waals surface area (Å²) in [5.41, 5.74) is 0.290. The maximum atomic E-state index is 12.1. The Labute approximate surface area is 140 Å². The maximum absolute atomic E-state index is 12.1. The van der Waals surface area contributed by atoms with Crippen LogP contribution in [0, 0.1) is 0 Å². The largest absolute Gasteiger partial charge is 0.298 e. The van der Waals surface area contributed by atoms with E-state index in [1.165, 1.54) is 29.5 Å². The van der Waals surface area contributed by atoms with Gasteiger partial charge in [0.2, 0.25) is 15.9 Å².